The highest BCUT2D eigenvalue weighted by atomic mass is 127. The number of quaternary nitrogens is 1. The number of carbonyl (C=O) groups excluding carboxylic acids is 1. The molecular formula is C30H32ClF2IN8O2. The summed E-state index contributed by atoms with van der Waals surface area (Å²) in [5, 5.41) is 12.1. The monoisotopic (exact) mass is 736 g/mol. The Morgan fingerprint density at radius 1 is 1.11 bits per heavy atom. The molecule has 2 aromatic heterocycles. The van der Waals surface area contributed by atoms with Crippen LogP contribution in [0.2, 0.25) is 5.02 Å². The van der Waals surface area contributed by atoms with Crippen LogP contribution < -0.4 is 34.0 Å². The van der Waals surface area contributed by atoms with Gasteiger partial charge in [0.1, 0.15) is 6.07 Å². The van der Waals surface area contributed by atoms with E-state index in [0.29, 0.717) is 46.5 Å². The van der Waals surface area contributed by atoms with Crippen molar-refractivity contribution < 1.29 is 46.8 Å². The molecule has 0 spiro atoms. The van der Waals surface area contributed by atoms with Crippen molar-refractivity contribution in [1.29, 1.82) is 5.26 Å². The van der Waals surface area contributed by atoms with Crippen molar-refractivity contribution >= 4 is 34.7 Å². The lowest BCUT2D eigenvalue weighted by Gasteiger charge is -2.36. The lowest BCUT2D eigenvalue weighted by molar-refractivity contribution is -0.869. The van der Waals surface area contributed by atoms with E-state index in [0.717, 1.165) is 30.7 Å². The van der Waals surface area contributed by atoms with Gasteiger partial charge in [-0.25, -0.2) is 14.4 Å². The number of imidazole rings is 1. The second kappa shape index (κ2) is 14.0. The van der Waals surface area contributed by atoms with Crippen LogP contribution in [0.3, 0.4) is 0 Å². The SMILES string of the molecule is C[N+](C)(C)CCN1CCN(C(=O)c2ccc(Nc3nccn4c(-c5ccc(OCC#N)c(F)c5F)cnc34)cc2Cl)CC1.[I-]. The number of fused-ring (bicyclic) bond motifs is 1. The number of nitrogens with one attached hydrogen (secondary N) is 1. The van der Waals surface area contributed by atoms with Crippen molar-refractivity contribution in [3.05, 3.63) is 71.1 Å². The van der Waals surface area contributed by atoms with Gasteiger partial charge < -0.3 is 43.4 Å². The Hall–Kier alpha value is -3.58. The molecule has 3 heterocycles. The van der Waals surface area contributed by atoms with Crippen LogP contribution in [0.5, 0.6) is 5.75 Å². The molecule has 0 atom stereocenters. The van der Waals surface area contributed by atoms with Gasteiger partial charge in [-0.2, -0.15) is 9.65 Å². The highest BCUT2D eigenvalue weighted by Crippen LogP contribution is 2.32. The van der Waals surface area contributed by atoms with Crippen LogP contribution in [0.25, 0.3) is 16.9 Å². The fraction of sp³-hybridized carbons (Fsp3) is 0.333. The summed E-state index contributed by atoms with van der Waals surface area (Å²) in [5.74, 6) is -2.43. The highest BCUT2D eigenvalue weighted by molar-refractivity contribution is 6.34. The second-order valence-electron chi connectivity index (χ2n) is 11.3. The van der Waals surface area contributed by atoms with E-state index in [1.165, 1.54) is 24.5 Å². The van der Waals surface area contributed by atoms with Gasteiger partial charge in [0.15, 0.2) is 29.6 Å². The van der Waals surface area contributed by atoms with Gasteiger partial charge in [0.2, 0.25) is 5.82 Å². The molecule has 5 rings (SSSR count). The number of nitrogens with zero attached hydrogens (tertiary/aromatic N) is 7. The Bertz CT molecular complexity index is 1700. The molecular weight excluding hydrogens is 705 g/mol. The standard InChI is InChI=1S/C30H31ClF2N8O2.HI/c1-41(2,3)16-15-38-11-13-39(14-12-38)30(42)21-5-4-20(18-23(21)31)37-28-29-36-19-24(40(29)10-9-35-28)22-6-7-25(43-17-8-34)27(33)26(22)32;/h4-7,9-10,18-19H,11-17H2,1-3H3;1H. The first-order valence-electron chi connectivity index (χ1n) is 13.7. The maximum absolute atomic E-state index is 14.9. The molecule has 1 amide bonds. The molecule has 0 radical (unpaired) electrons. The predicted molar refractivity (Wildman–Crippen MR) is 159 cm³/mol. The van der Waals surface area contributed by atoms with Crippen molar-refractivity contribution in [2.75, 3.05) is 72.3 Å². The number of likely N-dealkylation sites (N-methyl/N-ethyl adjacent to an activating group) is 1. The minimum absolute atomic E-state index is 0. The van der Waals surface area contributed by atoms with E-state index in [1.54, 1.807) is 34.9 Å². The van der Waals surface area contributed by atoms with Gasteiger partial charge in [-0.15, -0.1) is 0 Å². The molecule has 2 aromatic carbocycles. The first kappa shape index (κ1) is 33.3. The Labute approximate surface area is 276 Å². The third-order valence-electron chi connectivity index (χ3n) is 7.25. The zero-order chi connectivity index (χ0) is 30.7. The average molecular weight is 737 g/mol. The van der Waals surface area contributed by atoms with Gasteiger partial charge in [0.25, 0.3) is 5.91 Å². The van der Waals surface area contributed by atoms with Gasteiger partial charge in [-0.1, -0.05) is 11.6 Å². The van der Waals surface area contributed by atoms with Gasteiger partial charge >= 0.3 is 0 Å². The van der Waals surface area contributed by atoms with Crippen molar-refractivity contribution in [2.45, 2.75) is 0 Å². The summed E-state index contributed by atoms with van der Waals surface area (Å²) >= 11 is 6.57. The first-order chi connectivity index (χ1) is 20.6. The minimum Gasteiger partial charge on any atom is -1.00 e. The number of nitriles is 1. The number of benzene rings is 2. The van der Waals surface area contributed by atoms with E-state index in [2.05, 4.69) is 41.3 Å². The number of piperazine rings is 1. The fourth-order valence-corrected chi connectivity index (χ4v) is 5.11. The maximum atomic E-state index is 14.9. The van der Waals surface area contributed by atoms with Crippen molar-refractivity contribution in [3.63, 3.8) is 0 Å². The number of ether oxygens (including phenoxy) is 1. The molecule has 1 fully saturated rings. The molecule has 0 aliphatic carbocycles. The number of rotatable bonds is 9. The largest absolute Gasteiger partial charge is 1.00 e. The van der Waals surface area contributed by atoms with E-state index in [4.69, 9.17) is 21.6 Å². The van der Waals surface area contributed by atoms with E-state index in [-0.39, 0.29) is 41.2 Å². The second-order valence-corrected chi connectivity index (χ2v) is 11.7. The van der Waals surface area contributed by atoms with E-state index in [9.17, 15) is 13.6 Å². The van der Waals surface area contributed by atoms with Gasteiger partial charge in [-0.05, 0) is 30.3 Å². The zero-order valence-corrected chi connectivity index (χ0v) is 27.4. The predicted octanol–water partition coefficient (Wildman–Crippen LogP) is 1.44. The lowest BCUT2D eigenvalue weighted by Crippen LogP contribution is -3.00. The molecule has 0 saturated carbocycles. The van der Waals surface area contributed by atoms with Gasteiger partial charge in [0, 0.05) is 56.4 Å². The number of amides is 1. The van der Waals surface area contributed by atoms with Crippen molar-refractivity contribution in [2.24, 2.45) is 0 Å². The van der Waals surface area contributed by atoms with Crippen LogP contribution in [-0.2, 0) is 0 Å². The van der Waals surface area contributed by atoms with Gasteiger partial charge in [0.05, 0.1) is 50.2 Å². The zero-order valence-electron chi connectivity index (χ0n) is 24.5. The van der Waals surface area contributed by atoms with Crippen LogP contribution in [0.4, 0.5) is 20.3 Å². The van der Waals surface area contributed by atoms with Crippen LogP contribution in [0.1, 0.15) is 10.4 Å². The van der Waals surface area contributed by atoms with E-state index < -0.39 is 18.2 Å². The quantitative estimate of drug-likeness (QED) is 0.205. The fourth-order valence-electron chi connectivity index (χ4n) is 4.85. The Morgan fingerprint density at radius 3 is 2.55 bits per heavy atom. The molecule has 14 heteroatoms. The summed E-state index contributed by atoms with van der Waals surface area (Å²) in [5.41, 5.74) is 1.61. The van der Waals surface area contributed by atoms with E-state index >= 15 is 0 Å². The minimum atomic E-state index is -1.19. The topological polar surface area (TPSA) is 98.8 Å². The number of halogens is 4. The molecule has 1 N–H and O–H groups in total. The average Bonchev–Trinajstić information content (AvgIpc) is 3.41. The lowest BCUT2D eigenvalue weighted by atomic mass is 10.1. The maximum Gasteiger partial charge on any atom is 0.255 e. The highest BCUT2D eigenvalue weighted by Gasteiger charge is 2.25. The number of anilines is 2. The number of hydrogen-bond acceptors (Lipinski definition) is 7. The molecule has 1 aliphatic heterocycles. The normalized spacial score (nSPS) is 13.8. The molecule has 4 aromatic rings. The van der Waals surface area contributed by atoms with Crippen molar-refractivity contribution in [1.82, 2.24) is 24.2 Å². The smallest absolute Gasteiger partial charge is 0.255 e. The Balaban J connectivity index is 0.00000442. The molecule has 10 nitrogen and oxygen atoms in total. The molecule has 232 valence electrons. The van der Waals surface area contributed by atoms with Crippen molar-refractivity contribution in [3.8, 4) is 23.1 Å². The number of aromatic nitrogens is 3. The number of hydrogen-bond donors (Lipinski definition) is 1. The third-order valence-corrected chi connectivity index (χ3v) is 7.56. The number of carbonyl (C=O) groups is 1. The van der Waals surface area contributed by atoms with Gasteiger partial charge in [-0.3, -0.25) is 14.1 Å². The summed E-state index contributed by atoms with van der Waals surface area (Å²) in [4.78, 5) is 26.2. The Kier molecular flexibility index (Phi) is 10.6. The molecule has 0 unspecified atom stereocenters. The molecule has 0 bridgehead atoms. The van der Waals surface area contributed by atoms with Crippen LogP contribution in [-0.4, -0.2) is 102 Å². The van der Waals surface area contributed by atoms with Crippen LogP contribution in [0, 0.1) is 23.0 Å². The summed E-state index contributed by atoms with van der Waals surface area (Å²) in [6.07, 6.45) is 4.49. The first-order valence-corrected chi connectivity index (χ1v) is 14.1. The van der Waals surface area contributed by atoms with E-state index in [1.807, 2.05) is 4.90 Å². The van der Waals surface area contributed by atoms with Crippen LogP contribution >= 0.6 is 11.6 Å². The Morgan fingerprint density at radius 2 is 1.86 bits per heavy atom. The molecule has 1 saturated heterocycles. The summed E-state index contributed by atoms with van der Waals surface area (Å²) in [6, 6.07) is 9.42. The molecule has 44 heavy (non-hydrogen) atoms. The van der Waals surface area contributed by atoms with Crippen LogP contribution in [0.15, 0.2) is 48.9 Å². The summed E-state index contributed by atoms with van der Waals surface area (Å²) < 4.78 is 36.9. The molecule has 1 aliphatic rings. The summed E-state index contributed by atoms with van der Waals surface area (Å²) in [6.45, 7) is 4.54. The third kappa shape index (κ3) is 7.37. The summed E-state index contributed by atoms with van der Waals surface area (Å²) in [7, 11) is 6.51.